The Kier molecular flexibility index (Phi) is 5.13. The molecule has 0 saturated heterocycles. The van der Waals surface area contributed by atoms with Crippen molar-refractivity contribution >= 4 is 28.9 Å². The van der Waals surface area contributed by atoms with Crippen molar-refractivity contribution in [3.05, 3.63) is 94.0 Å². The maximum Gasteiger partial charge on any atom is 0.269 e. The van der Waals surface area contributed by atoms with Gasteiger partial charge in [-0.3, -0.25) is 19.7 Å². The predicted molar refractivity (Wildman–Crippen MR) is 111 cm³/mol. The number of nitro groups is 1. The number of non-ortho nitro benzene ring substituents is 1. The lowest BCUT2D eigenvalue weighted by molar-refractivity contribution is -0.384. The highest BCUT2D eigenvalue weighted by atomic mass is 16.6. The molecule has 0 radical (unpaired) electrons. The number of nitrogens with one attached hydrogen (secondary N) is 1. The second-order valence-corrected chi connectivity index (χ2v) is 6.69. The van der Waals surface area contributed by atoms with Crippen LogP contribution in [0.2, 0.25) is 0 Å². The topological polar surface area (TPSA) is 102 Å². The van der Waals surface area contributed by atoms with E-state index in [-0.39, 0.29) is 18.2 Å². The molecule has 2 amide bonds. The minimum absolute atomic E-state index is 0.0837. The molecule has 8 nitrogen and oxygen atoms in total. The molecule has 1 aliphatic rings. The largest absolute Gasteiger partial charge is 0.481 e. The highest BCUT2D eigenvalue weighted by molar-refractivity contribution is 6.05. The van der Waals surface area contributed by atoms with Gasteiger partial charge in [0, 0.05) is 29.4 Å². The molecular weight excluding hydrogens is 386 g/mol. The minimum atomic E-state index is -0.523. The fourth-order valence-corrected chi connectivity index (χ4v) is 3.16. The first-order valence-electron chi connectivity index (χ1n) is 9.18. The number of hydrogen-bond donors (Lipinski definition) is 1. The SMILES string of the molecule is O=C(Nc1ccc2c(c1)OCC(=O)N2Cc1ccccc1)c1ccc([N+](=O)[O-])cc1. The number of fused-ring (bicyclic) bond motifs is 1. The summed E-state index contributed by atoms with van der Waals surface area (Å²) >= 11 is 0. The van der Waals surface area contributed by atoms with Crippen molar-refractivity contribution in [1.29, 1.82) is 0 Å². The van der Waals surface area contributed by atoms with Crippen molar-refractivity contribution < 1.29 is 19.2 Å². The average Bonchev–Trinajstić information content (AvgIpc) is 2.76. The summed E-state index contributed by atoms with van der Waals surface area (Å²) in [6.45, 7) is 0.337. The van der Waals surface area contributed by atoms with E-state index in [9.17, 15) is 19.7 Å². The van der Waals surface area contributed by atoms with Gasteiger partial charge in [0.1, 0.15) is 5.75 Å². The molecule has 30 heavy (non-hydrogen) atoms. The van der Waals surface area contributed by atoms with Gasteiger partial charge in [-0.05, 0) is 29.8 Å². The van der Waals surface area contributed by atoms with Crippen LogP contribution >= 0.6 is 0 Å². The van der Waals surface area contributed by atoms with E-state index in [0.717, 1.165) is 5.56 Å². The highest BCUT2D eigenvalue weighted by Gasteiger charge is 2.26. The molecule has 150 valence electrons. The Labute approximate surface area is 171 Å². The molecule has 3 aromatic carbocycles. The van der Waals surface area contributed by atoms with Crippen molar-refractivity contribution in [3.63, 3.8) is 0 Å². The zero-order valence-electron chi connectivity index (χ0n) is 15.8. The zero-order chi connectivity index (χ0) is 21.1. The Balaban J connectivity index is 1.52. The minimum Gasteiger partial charge on any atom is -0.481 e. The van der Waals surface area contributed by atoms with Gasteiger partial charge in [-0.15, -0.1) is 0 Å². The smallest absolute Gasteiger partial charge is 0.269 e. The third-order valence-corrected chi connectivity index (χ3v) is 4.68. The number of nitrogens with zero attached hydrogens (tertiary/aromatic N) is 2. The van der Waals surface area contributed by atoms with Gasteiger partial charge in [0.05, 0.1) is 17.2 Å². The molecule has 4 rings (SSSR count). The van der Waals surface area contributed by atoms with Gasteiger partial charge in [0.25, 0.3) is 17.5 Å². The van der Waals surface area contributed by atoms with Crippen LogP contribution in [0.4, 0.5) is 17.1 Å². The number of carbonyl (C=O) groups excluding carboxylic acids is 2. The lowest BCUT2D eigenvalue weighted by Gasteiger charge is -2.29. The third kappa shape index (κ3) is 3.97. The van der Waals surface area contributed by atoms with Crippen LogP contribution < -0.4 is 15.0 Å². The molecule has 0 atom stereocenters. The molecule has 1 heterocycles. The Morgan fingerprint density at radius 1 is 1.07 bits per heavy atom. The van der Waals surface area contributed by atoms with E-state index in [4.69, 9.17) is 4.74 Å². The van der Waals surface area contributed by atoms with Gasteiger partial charge in [-0.25, -0.2) is 0 Å². The highest BCUT2D eigenvalue weighted by Crippen LogP contribution is 2.35. The van der Waals surface area contributed by atoms with Crippen molar-refractivity contribution in [1.82, 2.24) is 0 Å². The summed E-state index contributed by atoms with van der Waals surface area (Å²) in [5.41, 5.74) is 2.32. The lowest BCUT2D eigenvalue weighted by atomic mass is 10.1. The number of amides is 2. The zero-order valence-corrected chi connectivity index (χ0v) is 15.8. The van der Waals surface area contributed by atoms with Crippen LogP contribution in [0.5, 0.6) is 5.75 Å². The Morgan fingerprint density at radius 2 is 1.80 bits per heavy atom. The monoisotopic (exact) mass is 403 g/mol. The lowest BCUT2D eigenvalue weighted by Crippen LogP contribution is -2.38. The summed E-state index contributed by atoms with van der Waals surface area (Å²) in [5, 5.41) is 13.5. The van der Waals surface area contributed by atoms with Crippen LogP contribution in [0, 0.1) is 10.1 Å². The molecule has 0 aliphatic carbocycles. The van der Waals surface area contributed by atoms with Gasteiger partial charge < -0.3 is 15.0 Å². The number of carbonyl (C=O) groups is 2. The van der Waals surface area contributed by atoms with E-state index in [2.05, 4.69) is 5.32 Å². The maximum atomic E-state index is 12.4. The van der Waals surface area contributed by atoms with Crippen LogP contribution in [0.25, 0.3) is 0 Å². The van der Waals surface area contributed by atoms with E-state index >= 15 is 0 Å². The summed E-state index contributed by atoms with van der Waals surface area (Å²) in [6, 6.07) is 20.0. The summed E-state index contributed by atoms with van der Waals surface area (Å²) < 4.78 is 5.56. The molecule has 0 aromatic heterocycles. The molecular formula is C22H17N3O5. The van der Waals surface area contributed by atoms with Gasteiger partial charge in [0.2, 0.25) is 0 Å². The molecule has 0 fully saturated rings. The van der Waals surface area contributed by atoms with E-state index in [1.807, 2.05) is 30.3 Å². The molecule has 0 saturated carbocycles. The Hall–Kier alpha value is -4.20. The van der Waals surface area contributed by atoms with E-state index in [0.29, 0.717) is 29.2 Å². The molecule has 0 unspecified atom stereocenters. The second-order valence-electron chi connectivity index (χ2n) is 6.69. The van der Waals surface area contributed by atoms with Crippen LogP contribution in [0.15, 0.2) is 72.8 Å². The molecule has 0 spiro atoms. The van der Waals surface area contributed by atoms with Crippen LogP contribution in [-0.4, -0.2) is 23.3 Å². The van der Waals surface area contributed by atoms with Crippen molar-refractivity contribution in [2.24, 2.45) is 0 Å². The molecule has 8 heteroatoms. The van der Waals surface area contributed by atoms with Crippen molar-refractivity contribution in [2.75, 3.05) is 16.8 Å². The fraction of sp³-hybridized carbons (Fsp3) is 0.0909. The first-order valence-corrected chi connectivity index (χ1v) is 9.18. The Bertz CT molecular complexity index is 1110. The van der Waals surface area contributed by atoms with Gasteiger partial charge in [-0.1, -0.05) is 30.3 Å². The third-order valence-electron chi connectivity index (χ3n) is 4.68. The summed E-state index contributed by atoms with van der Waals surface area (Å²) in [4.78, 5) is 36.7. The number of nitro benzene ring substituents is 1. The first kappa shape index (κ1) is 19.1. The summed E-state index contributed by atoms with van der Waals surface area (Å²) in [5.74, 6) is -0.0566. The number of benzene rings is 3. The van der Waals surface area contributed by atoms with Crippen molar-refractivity contribution in [2.45, 2.75) is 6.54 Å². The van der Waals surface area contributed by atoms with Crippen LogP contribution in [-0.2, 0) is 11.3 Å². The summed E-state index contributed by atoms with van der Waals surface area (Å²) in [7, 11) is 0. The van der Waals surface area contributed by atoms with E-state index < -0.39 is 10.8 Å². The molecule has 0 bridgehead atoms. The number of rotatable bonds is 5. The first-order chi connectivity index (χ1) is 14.5. The average molecular weight is 403 g/mol. The van der Waals surface area contributed by atoms with Crippen LogP contribution in [0.3, 0.4) is 0 Å². The van der Waals surface area contributed by atoms with Gasteiger partial charge >= 0.3 is 0 Å². The number of anilines is 2. The Morgan fingerprint density at radius 3 is 2.50 bits per heavy atom. The standard InChI is InChI=1S/C22H17N3O5/c26-21-14-30-20-12-17(23-22(27)16-6-9-18(10-7-16)25(28)29)8-11-19(20)24(21)13-15-4-2-1-3-5-15/h1-12H,13-14H2,(H,23,27). The fourth-order valence-electron chi connectivity index (χ4n) is 3.16. The van der Waals surface area contributed by atoms with E-state index in [1.54, 1.807) is 23.1 Å². The summed E-state index contributed by atoms with van der Waals surface area (Å²) in [6.07, 6.45) is 0. The van der Waals surface area contributed by atoms with E-state index in [1.165, 1.54) is 24.3 Å². The van der Waals surface area contributed by atoms with Gasteiger partial charge in [-0.2, -0.15) is 0 Å². The molecule has 1 N–H and O–H groups in total. The number of ether oxygens (including phenoxy) is 1. The van der Waals surface area contributed by atoms with Gasteiger partial charge in [0.15, 0.2) is 6.61 Å². The molecule has 3 aromatic rings. The molecule has 1 aliphatic heterocycles. The van der Waals surface area contributed by atoms with Crippen LogP contribution in [0.1, 0.15) is 15.9 Å². The second kappa shape index (κ2) is 8.04. The quantitative estimate of drug-likeness (QED) is 0.516. The number of hydrogen-bond acceptors (Lipinski definition) is 5. The normalized spacial score (nSPS) is 12.7. The van der Waals surface area contributed by atoms with Crippen molar-refractivity contribution in [3.8, 4) is 5.75 Å². The maximum absolute atomic E-state index is 12.4. The predicted octanol–water partition coefficient (Wildman–Crippen LogP) is 3.77.